The van der Waals surface area contributed by atoms with E-state index in [9.17, 15) is 9.59 Å². The van der Waals surface area contributed by atoms with E-state index < -0.39 is 0 Å². The van der Waals surface area contributed by atoms with Gasteiger partial charge in [0.1, 0.15) is 0 Å². The number of carbonyl (C=O) groups is 2. The molecule has 0 fully saturated rings. The van der Waals surface area contributed by atoms with Gasteiger partial charge in [0, 0.05) is 12.7 Å². The molecule has 3 rings (SSSR count). The maximum atomic E-state index is 12.4. The molecular weight excluding hydrogens is 244 g/mol. The fraction of sp³-hybridized carbons (Fsp3) is 0.385. The Kier molecular flexibility index (Phi) is 2.58. The number of H-pyrrole nitrogens is 1. The van der Waals surface area contributed by atoms with E-state index in [2.05, 4.69) is 15.2 Å². The zero-order valence-electron chi connectivity index (χ0n) is 10.8. The van der Waals surface area contributed by atoms with E-state index in [0.29, 0.717) is 28.7 Å². The van der Waals surface area contributed by atoms with Crippen LogP contribution in [0.25, 0.3) is 11.0 Å². The van der Waals surface area contributed by atoms with Crippen LogP contribution in [0.1, 0.15) is 41.0 Å². The van der Waals surface area contributed by atoms with Gasteiger partial charge in [0.25, 0.3) is 11.8 Å². The van der Waals surface area contributed by atoms with Gasteiger partial charge >= 0.3 is 0 Å². The molecule has 98 valence electrons. The maximum absolute atomic E-state index is 12.4. The Morgan fingerprint density at radius 3 is 2.84 bits per heavy atom. The Bertz CT molecular complexity index is 676. The molecule has 0 bridgehead atoms. The summed E-state index contributed by atoms with van der Waals surface area (Å²) >= 11 is 0. The molecule has 1 aliphatic rings. The third kappa shape index (κ3) is 1.63. The van der Waals surface area contributed by atoms with Crippen molar-refractivity contribution in [1.82, 2.24) is 20.1 Å². The van der Waals surface area contributed by atoms with Gasteiger partial charge in [-0.15, -0.1) is 0 Å². The van der Waals surface area contributed by atoms with Crippen LogP contribution >= 0.6 is 0 Å². The summed E-state index contributed by atoms with van der Waals surface area (Å²) in [6.45, 7) is 4.51. The summed E-state index contributed by atoms with van der Waals surface area (Å²) < 4.78 is 0. The van der Waals surface area contributed by atoms with E-state index in [1.165, 1.54) is 11.1 Å². The number of nitrogens with zero attached hydrogens (tertiary/aromatic N) is 3. The highest BCUT2D eigenvalue weighted by Gasteiger charge is 2.38. The highest BCUT2D eigenvalue weighted by molar-refractivity contribution is 6.25. The average molecular weight is 258 g/mol. The van der Waals surface area contributed by atoms with Gasteiger partial charge in [-0.05, 0) is 5.92 Å². The van der Waals surface area contributed by atoms with Crippen molar-refractivity contribution in [2.24, 2.45) is 5.92 Å². The van der Waals surface area contributed by atoms with Gasteiger partial charge < -0.3 is 0 Å². The molecule has 1 atom stereocenters. The van der Waals surface area contributed by atoms with Crippen LogP contribution in [-0.2, 0) is 0 Å². The lowest BCUT2D eigenvalue weighted by Crippen LogP contribution is -2.33. The van der Waals surface area contributed by atoms with Crippen LogP contribution in [0.2, 0.25) is 0 Å². The zero-order chi connectivity index (χ0) is 13.6. The number of nitrogens with one attached hydrogen (secondary N) is 1. The molecule has 1 unspecified atom stereocenters. The average Bonchev–Trinajstić information content (AvgIpc) is 2.97. The Morgan fingerprint density at radius 1 is 1.32 bits per heavy atom. The van der Waals surface area contributed by atoms with E-state index in [-0.39, 0.29) is 17.7 Å². The number of carbonyl (C=O) groups excluding carboxylic acids is 2. The van der Waals surface area contributed by atoms with Crippen LogP contribution < -0.4 is 0 Å². The van der Waals surface area contributed by atoms with Crippen molar-refractivity contribution in [1.29, 1.82) is 0 Å². The first kappa shape index (κ1) is 11.8. The summed E-state index contributed by atoms with van der Waals surface area (Å²) in [7, 11) is 0. The topological polar surface area (TPSA) is 79.0 Å². The lowest BCUT2D eigenvalue weighted by Gasteiger charge is -2.17. The Balaban J connectivity index is 2.08. The van der Waals surface area contributed by atoms with Crippen LogP contribution in [-0.4, -0.2) is 38.4 Å². The van der Waals surface area contributed by atoms with Crippen molar-refractivity contribution >= 4 is 22.8 Å². The Morgan fingerprint density at radius 2 is 2.11 bits per heavy atom. The Labute approximate surface area is 109 Å². The third-order valence-corrected chi connectivity index (χ3v) is 3.61. The summed E-state index contributed by atoms with van der Waals surface area (Å²) in [5, 5.41) is 7.19. The van der Waals surface area contributed by atoms with Gasteiger partial charge in [0.05, 0.1) is 22.7 Å². The molecule has 1 N–H and O–H groups in total. The molecule has 3 heterocycles. The fourth-order valence-corrected chi connectivity index (χ4v) is 2.27. The van der Waals surface area contributed by atoms with Gasteiger partial charge in [-0.3, -0.25) is 19.6 Å². The van der Waals surface area contributed by atoms with Crippen molar-refractivity contribution in [3.8, 4) is 0 Å². The number of hydrogen-bond donors (Lipinski definition) is 1. The third-order valence-electron chi connectivity index (χ3n) is 3.61. The summed E-state index contributed by atoms with van der Waals surface area (Å²) in [6.07, 6.45) is 3.92. The first-order valence-corrected chi connectivity index (χ1v) is 6.31. The zero-order valence-corrected chi connectivity index (χ0v) is 10.8. The largest absolute Gasteiger partial charge is 0.274 e. The minimum atomic E-state index is -0.254. The van der Waals surface area contributed by atoms with Gasteiger partial charge in [-0.1, -0.05) is 20.3 Å². The molecule has 19 heavy (non-hydrogen) atoms. The molecule has 2 amide bonds. The second-order valence-corrected chi connectivity index (χ2v) is 4.91. The highest BCUT2D eigenvalue weighted by Crippen LogP contribution is 2.28. The molecule has 1 aliphatic heterocycles. The highest BCUT2D eigenvalue weighted by atomic mass is 16.2. The molecule has 0 saturated heterocycles. The predicted molar refractivity (Wildman–Crippen MR) is 68.7 cm³/mol. The first-order chi connectivity index (χ1) is 9.13. The number of pyridine rings is 1. The number of aromatic amines is 1. The van der Waals surface area contributed by atoms with Crippen molar-refractivity contribution in [2.75, 3.05) is 6.54 Å². The van der Waals surface area contributed by atoms with Gasteiger partial charge in [0.15, 0.2) is 5.65 Å². The van der Waals surface area contributed by atoms with Crippen molar-refractivity contribution < 1.29 is 9.59 Å². The van der Waals surface area contributed by atoms with Crippen molar-refractivity contribution in [3.63, 3.8) is 0 Å². The van der Waals surface area contributed by atoms with Gasteiger partial charge in [-0.2, -0.15) is 5.10 Å². The summed E-state index contributed by atoms with van der Waals surface area (Å²) in [4.78, 5) is 30.1. The number of rotatable bonds is 3. The number of amides is 2. The maximum Gasteiger partial charge on any atom is 0.263 e. The second kappa shape index (κ2) is 4.15. The monoisotopic (exact) mass is 258 g/mol. The van der Waals surface area contributed by atoms with Crippen LogP contribution in [0.5, 0.6) is 0 Å². The number of imide groups is 1. The summed E-state index contributed by atoms with van der Waals surface area (Å²) in [5.41, 5.74) is 1.33. The molecule has 0 radical (unpaired) electrons. The molecule has 0 aliphatic carbocycles. The molecule has 0 aromatic carbocycles. The van der Waals surface area contributed by atoms with Crippen molar-refractivity contribution in [3.05, 3.63) is 23.5 Å². The number of aromatic nitrogens is 3. The van der Waals surface area contributed by atoms with Crippen LogP contribution in [0.3, 0.4) is 0 Å². The van der Waals surface area contributed by atoms with E-state index in [4.69, 9.17) is 0 Å². The second-order valence-electron chi connectivity index (χ2n) is 4.91. The van der Waals surface area contributed by atoms with Crippen LogP contribution in [0.4, 0.5) is 0 Å². The Hall–Kier alpha value is -2.24. The molecule has 6 heteroatoms. The normalized spacial score (nSPS) is 16.2. The minimum absolute atomic E-state index is 0.242. The SMILES string of the molecule is CCC(C)CN1C(=O)c2cnc3[nH]ncc3c2C1=O. The predicted octanol–water partition coefficient (Wildman–Crippen LogP) is 1.60. The fourth-order valence-electron chi connectivity index (χ4n) is 2.27. The summed E-state index contributed by atoms with van der Waals surface area (Å²) in [5.74, 6) is -0.208. The van der Waals surface area contributed by atoms with Gasteiger partial charge in [-0.25, -0.2) is 4.98 Å². The molecule has 6 nitrogen and oxygen atoms in total. The van der Waals surface area contributed by atoms with E-state index in [1.807, 2.05) is 13.8 Å². The van der Waals surface area contributed by atoms with E-state index in [1.54, 1.807) is 6.20 Å². The van der Waals surface area contributed by atoms with Crippen LogP contribution in [0.15, 0.2) is 12.4 Å². The van der Waals surface area contributed by atoms with Crippen LogP contribution in [0, 0.1) is 5.92 Å². The van der Waals surface area contributed by atoms with E-state index in [0.717, 1.165) is 6.42 Å². The number of fused-ring (bicyclic) bond motifs is 3. The lowest BCUT2D eigenvalue weighted by molar-refractivity contribution is 0.0632. The van der Waals surface area contributed by atoms with E-state index >= 15 is 0 Å². The lowest BCUT2D eigenvalue weighted by atomic mass is 10.1. The minimum Gasteiger partial charge on any atom is -0.274 e. The van der Waals surface area contributed by atoms with Gasteiger partial charge in [0.2, 0.25) is 0 Å². The standard InChI is InChI=1S/C13H14N4O2/c1-3-7(2)6-17-12(18)9-4-14-11-8(5-15-16-11)10(9)13(17)19/h4-5,7H,3,6H2,1-2H3,(H,14,15,16). The molecule has 2 aromatic heterocycles. The molecule has 0 saturated carbocycles. The molecule has 0 spiro atoms. The summed E-state index contributed by atoms with van der Waals surface area (Å²) in [6, 6.07) is 0. The molecule has 2 aromatic rings. The van der Waals surface area contributed by atoms with Crippen molar-refractivity contribution in [2.45, 2.75) is 20.3 Å². The molecular formula is C13H14N4O2. The first-order valence-electron chi connectivity index (χ1n) is 6.31. The smallest absolute Gasteiger partial charge is 0.263 e. The quantitative estimate of drug-likeness (QED) is 0.848. The number of hydrogen-bond acceptors (Lipinski definition) is 4.